The minimum absolute atomic E-state index is 0.00528. The van der Waals surface area contributed by atoms with E-state index in [9.17, 15) is 5.11 Å². The van der Waals surface area contributed by atoms with E-state index in [2.05, 4.69) is 5.32 Å². The van der Waals surface area contributed by atoms with Gasteiger partial charge in [0.1, 0.15) is 12.4 Å². The van der Waals surface area contributed by atoms with Gasteiger partial charge in [-0.2, -0.15) is 0 Å². The number of methoxy groups -OCH3 is 2. The van der Waals surface area contributed by atoms with Crippen LogP contribution >= 0.6 is 0 Å². The van der Waals surface area contributed by atoms with E-state index in [1.807, 2.05) is 42.5 Å². The molecule has 0 saturated carbocycles. The number of hydrogen-bond donors (Lipinski definition) is 2. The van der Waals surface area contributed by atoms with Crippen molar-refractivity contribution in [3.63, 3.8) is 0 Å². The number of rotatable bonds is 8. The van der Waals surface area contributed by atoms with Crippen molar-refractivity contribution >= 4 is 0 Å². The first-order valence-corrected chi connectivity index (χ1v) is 8.69. The molecular formula is C20H25NO5. The van der Waals surface area contributed by atoms with Gasteiger partial charge in [0.2, 0.25) is 5.75 Å². The van der Waals surface area contributed by atoms with Crippen molar-refractivity contribution in [2.75, 3.05) is 40.5 Å². The molecular weight excluding hydrogens is 334 g/mol. The molecule has 1 aliphatic rings. The summed E-state index contributed by atoms with van der Waals surface area (Å²) in [5, 5.41) is 13.8. The van der Waals surface area contributed by atoms with Crippen molar-refractivity contribution in [1.82, 2.24) is 5.32 Å². The molecule has 0 amide bonds. The summed E-state index contributed by atoms with van der Waals surface area (Å²) in [6.07, 6.45) is -0.525. The standard InChI is InChI=1S/C20H25NO5/c1-23-17-8-5-9-18(24-2)20(17)25-11-10-21-12-14-13-26-16-7-4-3-6-15(16)19(14)22/h3-9,14,19,21-22H,10-13H2,1-2H3/t14-,19-/m1/s1. The summed E-state index contributed by atoms with van der Waals surface area (Å²) in [7, 11) is 3.20. The molecule has 0 spiro atoms. The molecule has 2 atom stereocenters. The number of aliphatic hydroxyl groups excluding tert-OH is 1. The summed E-state index contributed by atoms with van der Waals surface area (Å²) in [4.78, 5) is 0. The molecule has 3 rings (SSSR count). The normalized spacial score (nSPS) is 18.6. The maximum atomic E-state index is 10.5. The van der Waals surface area contributed by atoms with Crippen molar-refractivity contribution in [1.29, 1.82) is 0 Å². The Morgan fingerprint density at radius 1 is 1.08 bits per heavy atom. The van der Waals surface area contributed by atoms with E-state index < -0.39 is 6.10 Å². The maximum absolute atomic E-state index is 10.5. The van der Waals surface area contributed by atoms with Crippen LogP contribution in [0, 0.1) is 5.92 Å². The zero-order valence-electron chi connectivity index (χ0n) is 15.1. The van der Waals surface area contributed by atoms with Gasteiger partial charge in [-0.25, -0.2) is 0 Å². The van der Waals surface area contributed by atoms with Crippen molar-refractivity contribution in [3.05, 3.63) is 48.0 Å². The number of para-hydroxylation sites is 2. The van der Waals surface area contributed by atoms with E-state index in [1.165, 1.54) is 0 Å². The van der Waals surface area contributed by atoms with Gasteiger partial charge < -0.3 is 29.4 Å². The van der Waals surface area contributed by atoms with Crippen LogP contribution in [0.3, 0.4) is 0 Å². The van der Waals surface area contributed by atoms with Gasteiger partial charge in [-0.3, -0.25) is 0 Å². The highest BCUT2D eigenvalue weighted by Crippen LogP contribution is 2.37. The average Bonchev–Trinajstić information content (AvgIpc) is 2.69. The molecule has 140 valence electrons. The van der Waals surface area contributed by atoms with Crippen LogP contribution < -0.4 is 24.3 Å². The van der Waals surface area contributed by atoms with Gasteiger partial charge >= 0.3 is 0 Å². The van der Waals surface area contributed by atoms with Crippen LogP contribution in [0.1, 0.15) is 11.7 Å². The first-order chi connectivity index (χ1) is 12.7. The third-order valence-corrected chi connectivity index (χ3v) is 4.45. The van der Waals surface area contributed by atoms with E-state index in [0.717, 1.165) is 11.3 Å². The first kappa shape index (κ1) is 18.4. The molecule has 2 aromatic rings. The predicted molar refractivity (Wildman–Crippen MR) is 98.3 cm³/mol. The van der Waals surface area contributed by atoms with Gasteiger partial charge in [-0.15, -0.1) is 0 Å². The molecule has 6 nitrogen and oxygen atoms in total. The van der Waals surface area contributed by atoms with E-state index in [-0.39, 0.29) is 5.92 Å². The summed E-state index contributed by atoms with van der Waals surface area (Å²) >= 11 is 0. The highest BCUT2D eigenvalue weighted by Gasteiger charge is 2.28. The smallest absolute Gasteiger partial charge is 0.203 e. The van der Waals surface area contributed by atoms with Crippen LogP contribution in [0.5, 0.6) is 23.0 Å². The van der Waals surface area contributed by atoms with Gasteiger partial charge in [0, 0.05) is 24.6 Å². The topological polar surface area (TPSA) is 69.2 Å². The van der Waals surface area contributed by atoms with E-state index >= 15 is 0 Å². The second-order valence-electron chi connectivity index (χ2n) is 6.10. The number of hydrogen-bond acceptors (Lipinski definition) is 6. The van der Waals surface area contributed by atoms with Gasteiger partial charge in [-0.05, 0) is 18.2 Å². The fraction of sp³-hybridized carbons (Fsp3) is 0.400. The first-order valence-electron chi connectivity index (χ1n) is 8.69. The van der Waals surface area contributed by atoms with Crippen LogP contribution in [-0.2, 0) is 0 Å². The highest BCUT2D eigenvalue weighted by molar-refractivity contribution is 5.51. The summed E-state index contributed by atoms with van der Waals surface area (Å²) < 4.78 is 22.2. The summed E-state index contributed by atoms with van der Waals surface area (Å²) in [6, 6.07) is 13.1. The molecule has 26 heavy (non-hydrogen) atoms. The Kier molecular flexibility index (Phi) is 6.20. The molecule has 0 saturated heterocycles. The minimum Gasteiger partial charge on any atom is -0.493 e. The van der Waals surface area contributed by atoms with Crippen LogP contribution in [0.15, 0.2) is 42.5 Å². The number of fused-ring (bicyclic) bond motifs is 1. The Balaban J connectivity index is 1.47. The maximum Gasteiger partial charge on any atom is 0.203 e. The summed E-state index contributed by atoms with van der Waals surface area (Å²) in [5.74, 6) is 2.64. The Morgan fingerprint density at radius 2 is 1.81 bits per heavy atom. The molecule has 1 aliphatic heterocycles. The molecule has 0 unspecified atom stereocenters. The lowest BCUT2D eigenvalue weighted by molar-refractivity contribution is 0.0503. The number of benzene rings is 2. The Bertz CT molecular complexity index is 699. The Morgan fingerprint density at radius 3 is 2.54 bits per heavy atom. The molecule has 2 N–H and O–H groups in total. The largest absolute Gasteiger partial charge is 0.493 e. The minimum atomic E-state index is -0.525. The fourth-order valence-electron chi connectivity index (χ4n) is 3.04. The lowest BCUT2D eigenvalue weighted by Crippen LogP contribution is -2.36. The summed E-state index contributed by atoms with van der Waals surface area (Å²) in [5.41, 5.74) is 0.848. The number of ether oxygens (including phenoxy) is 4. The number of nitrogens with one attached hydrogen (secondary N) is 1. The second kappa shape index (κ2) is 8.78. The van der Waals surface area contributed by atoms with Gasteiger partial charge in [-0.1, -0.05) is 24.3 Å². The van der Waals surface area contributed by atoms with Crippen molar-refractivity contribution in [2.45, 2.75) is 6.10 Å². The third kappa shape index (κ3) is 4.03. The molecule has 0 aromatic heterocycles. The molecule has 2 aromatic carbocycles. The van der Waals surface area contributed by atoms with Crippen molar-refractivity contribution in [3.8, 4) is 23.0 Å². The lowest BCUT2D eigenvalue weighted by Gasteiger charge is -2.30. The van der Waals surface area contributed by atoms with Crippen LogP contribution in [0.25, 0.3) is 0 Å². The average molecular weight is 359 g/mol. The van der Waals surface area contributed by atoms with E-state index in [1.54, 1.807) is 14.2 Å². The predicted octanol–water partition coefficient (Wildman–Crippen LogP) is 2.41. The summed E-state index contributed by atoms with van der Waals surface area (Å²) in [6.45, 7) is 2.22. The number of aliphatic hydroxyl groups is 1. The van der Waals surface area contributed by atoms with Crippen molar-refractivity contribution < 1.29 is 24.1 Å². The highest BCUT2D eigenvalue weighted by atomic mass is 16.5. The quantitative estimate of drug-likeness (QED) is 0.706. The molecule has 0 aliphatic carbocycles. The Hall–Kier alpha value is -2.44. The zero-order chi connectivity index (χ0) is 18.4. The molecule has 0 radical (unpaired) electrons. The zero-order valence-corrected chi connectivity index (χ0v) is 15.1. The molecule has 0 bridgehead atoms. The van der Waals surface area contributed by atoms with Gasteiger partial charge in [0.05, 0.1) is 26.9 Å². The van der Waals surface area contributed by atoms with E-state index in [4.69, 9.17) is 18.9 Å². The van der Waals surface area contributed by atoms with Gasteiger partial charge in [0.25, 0.3) is 0 Å². The van der Waals surface area contributed by atoms with Gasteiger partial charge in [0.15, 0.2) is 11.5 Å². The lowest BCUT2D eigenvalue weighted by atomic mass is 9.93. The van der Waals surface area contributed by atoms with Crippen LogP contribution in [0.4, 0.5) is 0 Å². The van der Waals surface area contributed by atoms with Crippen LogP contribution in [-0.4, -0.2) is 45.6 Å². The second-order valence-corrected chi connectivity index (χ2v) is 6.10. The molecule has 6 heteroatoms. The Labute approximate surface area is 153 Å². The van der Waals surface area contributed by atoms with E-state index in [0.29, 0.717) is 43.6 Å². The molecule has 0 fully saturated rings. The third-order valence-electron chi connectivity index (χ3n) is 4.45. The monoisotopic (exact) mass is 359 g/mol. The molecule has 1 heterocycles. The SMILES string of the molecule is COc1cccc(OC)c1OCCNC[C@@H]1COc2ccccc2[C@@H]1O. The van der Waals surface area contributed by atoms with Crippen molar-refractivity contribution in [2.24, 2.45) is 5.92 Å². The van der Waals surface area contributed by atoms with Crippen LogP contribution in [0.2, 0.25) is 0 Å². The fourth-order valence-corrected chi connectivity index (χ4v) is 3.04.